The van der Waals surface area contributed by atoms with Crippen LogP contribution < -0.4 is 9.62 Å². The maximum absolute atomic E-state index is 14.0. The van der Waals surface area contributed by atoms with E-state index in [2.05, 4.69) is 21.2 Å². The second kappa shape index (κ2) is 13.0. The van der Waals surface area contributed by atoms with Crippen molar-refractivity contribution >= 4 is 43.5 Å². The van der Waals surface area contributed by atoms with Gasteiger partial charge in [-0.3, -0.25) is 13.9 Å². The van der Waals surface area contributed by atoms with E-state index in [0.717, 1.165) is 51.2 Å². The molecule has 7 nitrogen and oxygen atoms in total. The first-order valence-corrected chi connectivity index (χ1v) is 15.8. The number of rotatable bonds is 10. The topological polar surface area (TPSA) is 86.8 Å². The van der Waals surface area contributed by atoms with Gasteiger partial charge in [0.15, 0.2) is 0 Å². The van der Waals surface area contributed by atoms with Gasteiger partial charge in [0.05, 0.1) is 10.6 Å². The molecule has 1 fully saturated rings. The van der Waals surface area contributed by atoms with E-state index in [4.69, 9.17) is 0 Å². The molecule has 3 aromatic carbocycles. The Balaban J connectivity index is 1.67. The summed E-state index contributed by atoms with van der Waals surface area (Å²) in [6.07, 6.45) is 4.00. The van der Waals surface area contributed by atoms with Crippen molar-refractivity contribution in [3.05, 3.63) is 94.0 Å². The molecule has 0 aliphatic heterocycles. The zero-order chi connectivity index (χ0) is 28.9. The molecule has 0 bridgehead atoms. The highest BCUT2D eigenvalue weighted by atomic mass is 79.9. The number of aryl methyl sites for hydroxylation is 2. The van der Waals surface area contributed by atoms with Gasteiger partial charge >= 0.3 is 0 Å². The van der Waals surface area contributed by atoms with E-state index in [1.165, 1.54) is 4.90 Å². The SMILES string of the molecule is Cc1ccc(N(CC(=O)N(Cc2ccc(Br)cc2)[C@H](C)C(=O)NC2CCCC2)S(=O)(=O)c2ccc(C)cc2)cc1. The summed E-state index contributed by atoms with van der Waals surface area (Å²) in [7, 11) is -4.08. The molecule has 0 unspecified atom stereocenters. The van der Waals surface area contributed by atoms with Gasteiger partial charge in [-0.1, -0.05) is 76.3 Å². The Labute approximate surface area is 245 Å². The Morgan fingerprint density at radius 2 is 1.45 bits per heavy atom. The van der Waals surface area contributed by atoms with Gasteiger partial charge in [0.25, 0.3) is 10.0 Å². The molecular formula is C31H36BrN3O4S. The molecule has 1 aliphatic rings. The minimum Gasteiger partial charge on any atom is -0.352 e. The van der Waals surface area contributed by atoms with Crippen LogP contribution in [-0.4, -0.2) is 43.8 Å². The van der Waals surface area contributed by atoms with Crippen molar-refractivity contribution in [3.8, 4) is 0 Å². The molecule has 0 radical (unpaired) electrons. The van der Waals surface area contributed by atoms with E-state index in [1.807, 2.05) is 50.2 Å². The van der Waals surface area contributed by atoms with Crippen molar-refractivity contribution < 1.29 is 18.0 Å². The number of nitrogens with zero attached hydrogens (tertiary/aromatic N) is 2. The average Bonchev–Trinajstić information content (AvgIpc) is 3.44. The van der Waals surface area contributed by atoms with Crippen LogP contribution in [0.4, 0.5) is 5.69 Å². The Morgan fingerprint density at radius 1 is 0.900 bits per heavy atom. The molecule has 0 spiro atoms. The minimum atomic E-state index is -4.08. The van der Waals surface area contributed by atoms with Gasteiger partial charge in [-0.25, -0.2) is 8.42 Å². The molecule has 2 amide bonds. The fourth-order valence-corrected chi connectivity index (χ4v) is 6.52. The summed E-state index contributed by atoms with van der Waals surface area (Å²) in [6, 6.07) is 20.4. The lowest BCUT2D eigenvalue weighted by Crippen LogP contribution is -2.52. The number of benzene rings is 3. The smallest absolute Gasteiger partial charge is 0.264 e. The number of anilines is 1. The third-order valence-electron chi connectivity index (χ3n) is 7.34. The highest BCUT2D eigenvalue weighted by Gasteiger charge is 2.33. The van der Waals surface area contributed by atoms with Gasteiger partial charge in [0.1, 0.15) is 12.6 Å². The van der Waals surface area contributed by atoms with Crippen LogP contribution in [0.15, 0.2) is 82.2 Å². The molecule has 1 aliphatic carbocycles. The van der Waals surface area contributed by atoms with Gasteiger partial charge in [0, 0.05) is 17.1 Å². The number of halogens is 1. The van der Waals surface area contributed by atoms with E-state index >= 15 is 0 Å². The number of amides is 2. The Morgan fingerprint density at radius 3 is 2.02 bits per heavy atom. The average molecular weight is 627 g/mol. The van der Waals surface area contributed by atoms with Gasteiger partial charge in [-0.2, -0.15) is 0 Å². The molecule has 9 heteroatoms. The number of carbonyl (C=O) groups excluding carboxylic acids is 2. The third kappa shape index (κ3) is 7.31. The Kier molecular flexibility index (Phi) is 9.68. The molecular weight excluding hydrogens is 590 g/mol. The number of hydrogen-bond acceptors (Lipinski definition) is 4. The predicted octanol–water partition coefficient (Wildman–Crippen LogP) is 5.74. The summed E-state index contributed by atoms with van der Waals surface area (Å²) in [5.74, 6) is -0.700. The van der Waals surface area contributed by atoms with Crippen LogP contribution in [0.5, 0.6) is 0 Å². The Bertz CT molecular complexity index is 1420. The first kappa shape index (κ1) is 29.8. The zero-order valence-electron chi connectivity index (χ0n) is 23.1. The van der Waals surface area contributed by atoms with Gasteiger partial charge in [0.2, 0.25) is 11.8 Å². The standard InChI is InChI=1S/C31H36BrN3O4S/c1-22-8-16-28(17-9-22)35(40(38,39)29-18-10-23(2)11-19-29)21-30(36)34(20-25-12-14-26(32)15-13-25)24(3)31(37)33-27-6-4-5-7-27/h8-19,24,27H,4-7,20-21H2,1-3H3,(H,33,37)/t24-/m1/s1. The van der Waals surface area contributed by atoms with Gasteiger partial charge < -0.3 is 10.2 Å². The summed E-state index contributed by atoms with van der Waals surface area (Å²) < 4.78 is 29.8. The van der Waals surface area contributed by atoms with Crippen LogP contribution in [0.3, 0.4) is 0 Å². The van der Waals surface area contributed by atoms with Crippen LogP contribution >= 0.6 is 15.9 Å². The summed E-state index contributed by atoms with van der Waals surface area (Å²) in [5, 5.41) is 3.09. The monoisotopic (exact) mass is 625 g/mol. The fourth-order valence-electron chi connectivity index (χ4n) is 4.84. The zero-order valence-corrected chi connectivity index (χ0v) is 25.5. The van der Waals surface area contributed by atoms with Crippen LogP contribution in [0.2, 0.25) is 0 Å². The highest BCUT2D eigenvalue weighted by molar-refractivity contribution is 9.10. The van der Waals surface area contributed by atoms with Crippen molar-refractivity contribution in [2.75, 3.05) is 10.8 Å². The fraction of sp³-hybridized carbons (Fsp3) is 0.355. The van der Waals surface area contributed by atoms with E-state index in [9.17, 15) is 18.0 Å². The van der Waals surface area contributed by atoms with Crippen LogP contribution in [0, 0.1) is 13.8 Å². The lowest BCUT2D eigenvalue weighted by atomic mass is 10.1. The predicted molar refractivity (Wildman–Crippen MR) is 161 cm³/mol. The van der Waals surface area contributed by atoms with Gasteiger partial charge in [-0.05, 0) is 75.6 Å². The Hall–Kier alpha value is -3.17. The number of sulfonamides is 1. The normalized spacial score (nSPS) is 14.5. The van der Waals surface area contributed by atoms with Crippen molar-refractivity contribution in [2.45, 2.75) is 70.0 Å². The molecule has 1 saturated carbocycles. The molecule has 40 heavy (non-hydrogen) atoms. The number of nitrogens with one attached hydrogen (secondary N) is 1. The van der Waals surface area contributed by atoms with Crippen molar-refractivity contribution in [1.29, 1.82) is 0 Å². The summed E-state index contributed by atoms with van der Waals surface area (Å²) in [4.78, 5) is 28.9. The summed E-state index contributed by atoms with van der Waals surface area (Å²) >= 11 is 3.44. The molecule has 212 valence electrons. The second-order valence-corrected chi connectivity index (χ2v) is 13.3. The van der Waals surface area contributed by atoms with Crippen molar-refractivity contribution in [2.24, 2.45) is 0 Å². The van der Waals surface area contributed by atoms with Crippen LogP contribution in [-0.2, 0) is 26.2 Å². The van der Waals surface area contributed by atoms with E-state index in [0.29, 0.717) is 5.69 Å². The maximum Gasteiger partial charge on any atom is 0.264 e. The van der Waals surface area contributed by atoms with Gasteiger partial charge in [-0.15, -0.1) is 0 Å². The first-order valence-electron chi connectivity index (χ1n) is 13.5. The second-order valence-electron chi connectivity index (χ2n) is 10.5. The molecule has 1 N–H and O–H groups in total. The molecule has 0 heterocycles. The third-order valence-corrected chi connectivity index (χ3v) is 9.66. The molecule has 4 rings (SSSR count). The largest absolute Gasteiger partial charge is 0.352 e. The molecule has 0 saturated heterocycles. The quantitative estimate of drug-likeness (QED) is 0.311. The maximum atomic E-state index is 14.0. The van der Waals surface area contributed by atoms with Crippen molar-refractivity contribution in [1.82, 2.24) is 10.2 Å². The summed E-state index contributed by atoms with van der Waals surface area (Å²) in [6.45, 7) is 5.22. The van der Waals surface area contributed by atoms with E-state index in [1.54, 1.807) is 43.3 Å². The summed E-state index contributed by atoms with van der Waals surface area (Å²) in [5.41, 5.74) is 3.11. The lowest BCUT2D eigenvalue weighted by Gasteiger charge is -2.32. The van der Waals surface area contributed by atoms with Crippen LogP contribution in [0.1, 0.15) is 49.3 Å². The molecule has 1 atom stereocenters. The van der Waals surface area contributed by atoms with Crippen LogP contribution in [0.25, 0.3) is 0 Å². The number of carbonyl (C=O) groups is 2. The lowest BCUT2D eigenvalue weighted by molar-refractivity contribution is -0.139. The van der Waals surface area contributed by atoms with Crippen molar-refractivity contribution in [3.63, 3.8) is 0 Å². The van der Waals surface area contributed by atoms with E-state index < -0.39 is 28.5 Å². The minimum absolute atomic E-state index is 0.0953. The highest BCUT2D eigenvalue weighted by Crippen LogP contribution is 2.26. The number of hydrogen-bond donors (Lipinski definition) is 1. The molecule has 0 aromatic heterocycles. The molecule has 3 aromatic rings. The first-order chi connectivity index (χ1) is 19.0. The van der Waals surface area contributed by atoms with E-state index in [-0.39, 0.29) is 23.4 Å².